The molecule has 0 aliphatic rings. The summed E-state index contributed by atoms with van der Waals surface area (Å²) in [6.07, 6.45) is 1.55. The van der Waals surface area contributed by atoms with E-state index in [1.165, 1.54) is 0 Å². The summed E-state index contributed by atoms with van der Waals surface area (Å²) in [4.78, 5) is 35.2. The fraction of sp³-hybridized carbons (Fsp3) is 0.471. The normalized spacial score (nSPS) is 11.6. The standard InChI is InChI=1S/C17H24N2O3S/c1-4-12(3)17(22)18-10-16(21)23-11-15(20)19-14-9-7-6-8-13(14)5-2/h6-9,12H,4-5,10-11H2,1-3H3,(H,18,22)(H,19,20)/t12-/m0/s1. The fourth-order valence-electron chi connectivity index (χ4n) is 1.85. The van der Waals surface area contributed by atoms with E-state index in [9.17, 15) is 14.4 Å². The Hall–Kier alpha value is -1.82. The van der Waals surface area contributed by atoms with E-state index in [0.717, 1.165) is 35.9 Å². The summed E-state index contributed by atoms with van der Waals surface area (Å²) in [5, 5.41) is 5.17. The summed E-state index contributed by atoms with van der Waals surface area (Å²) >= 11 is 0.913. The number of carbonyl (C=O) groups is 3. The Morgan fingerprint density at radius 3 is 2.52 bits per heavy atom. The van der Waals surface area contributed by atoms with Crippen molar-refractivity contribution in [1.82, 2.24) is 5.32 Å². The first kappa shape index (κ1) is 19.2. The number of anilines is 1. The Kier molecular flexibility index (Phi) is 8.40. The zero-order valence-electron chi connectivity index (χ0n) is 13.8. The molecule has 0 saturated carbocycles. The van der Waals surface area contributed by atoms with E-state index < -0.39 is 0 Å². The summed E-state index contributed by atoms with van der Waals surface area (Å²) < 4.78 is 0. The topological polar surface area (TPSA) is 75.3 Å². The first-order valence-corrected chi connectivity index (χ1v) is 8.77. The van der Waals surface area contributed by atoms with E-state index in [2.05, 4.69) is 10.6 Å². The van der Waals surface area contributed by atoms with Crippen molar-refractivity contribution in [2.45, 2.75) is 33.6 Å². The second-order valence-corrected chi connectivity index (χ2v) is 6.28. The minimum atomic E-state index is -0.225. The van der Waals surface area contributed by atoms with Crippen molar-refractivity contribution in [1.29, 1.82) is 0 Å². The highest BCUT2D eigenvalue weighted by atomic mass is 32.2. The van der Waals surface area contributed by atoms with Gasteiger partial charge in [0.15, 0.2) is 0 Å². The maximum absolute atomic E-state index is 11.9. The zero-order chi connectivity index (χ0) is 17.2. The first-order chi connectivity index (χ1) is 11.0. The smallest absolute Gasteiger partial charge is 0.234 e. The van der Waals surface area contributed by atoms with Crippen LogP contribution in [0.1, 0.15) is 32.8 Å². The van der Waals surface area contributed by atoms with Gasteiger partial charge in [0, 0.05) is 11.6 Å². The highest BCUT2D eigenvalue weighted by molar-refractivity contribution is 8.14. The molecular formula is C17H24N2O3S. The van der Waals surface area contributed by atoms with E-state index >= 15 is 0 Å². The lowest BCUT2D eigenvalue weighted by atomic mass is 10.1. The number of carbonyl (C=O) groups excluding carboxylic acids is 3. The molecule has 0 aromatic heterocycles. The van der Waals surface area contributed by atoms with E-state index in [1.54, 1.807) is 0 Å². The van der Waals surface area contributed by atoms with E-state index in [1.807, 2.05) is 45.0 Å². The van der Waals surface area contributed by atoms with Crippen molar-refractivity contribution < 1.29 is 14.4 Å². The molecule has 0 heterocycles. The molecule has 1 atom stereocenters. The fourth-order valence-corrected chi connectivity index (χ4v) is 2.39. The van der Waals surface area contributed by atoms with Crippen LogP contribution in [0.4, 0.5) is 5.69 Å². The summed E-state index contributed by atoms with van der Waals surface area (Å²) in [5.74, 6) is -0.433. The minimum absolute atomic E-state index is 0.0378. The number of nitrogens with one attached hydrogen (secondary N) is 2. The van der Waals surface area contributed by atoms with Crippen LogP contribution in [0.25, 0.3) is 0 Å². The van der Waals surface area contributed by atoms with Gasteiger partial charge in [-0.05, 0) is 24.5 Å². The van der Waals surface area contributed by atoms with Crippen molar-refractivity contribution in [2.75, 3.05) is 17.6 Å². The van der Waals surface area contributed by atoms with Crippen molar-refractivity contribution >= 4 is 34.4 Å². The quantitative estimate of drug-likeness (QED) is 0.765. The van der Waals surface area contributed by atoms with Gasteiger partial charge >= 0.3 is 0 Å². The van der Waals surface area contributed by atoms with Gasteiger partial charge in [0.2, 0.25) is 16.9 Å². The van der Waals surface area contributed by atoms with Gasteiger partial charge in [-0.15, -0.1) is 0 Å². The highest BCUT2D eigenvalue weighted by Gasteiger charge is 2.13. The van der Waals surface area contributed by atoms with Gasteiger partial charge in [-0.25, -0.2) is 0 Å². The largest absolute Gasteiger partial charge is 0.348 e. The molecule has 1 rings (SSSR count). The molecule has 0 fully saturated rings. The number of benzene rings is 1. The number of thioether (sulfide) groups is 1. The molecule has 1 aromatic carbocycles. The number of amides is 2. The van der Waals surface area contributed by atoms with E-state index in [4.69, 9.17) is 0 Å². The molecule has 5 nitrogen and oxygen atoms in total. The van der Waals surface area contributed by atoms with Crippen LogP contribution in [0.3, 0.4) is 0 Å². The lowest BCUT2D eigenvalue weighted by Gasteiger charge is -2.10. The molecule has 126 valence electrons. The van der Waals surface area contributed by atoms with Crippen molar-refractivity contribution in [2.24, 2.45) is 5.92 Å². The Morgan fingerprint density at radius 2 is 1.87 bits per heavy atom. The number of hydrogen-bond donors (Lipinski definition) is 2. The van der Waals surface area contributed by atoms with Crippen LogP contribution in [0.15, 0.2) is 24.3 Å². The SMILES string of the molecule is CCc1ccccc1NC(=O)CSC(=O)CNC(=O)[C@@H](C)CC. The van der Waals surface area contributed by atoms with Crippen molar-refractivity contribution in [3.8, 4) is 0 Å². The number of rotatable bonds is 8. The van der Waals surface area contributed by atoms with Gasteiger partial charge in [0.25, 0.3) is 0 Å². The molecule has 1 aromatic rings. The first-order valence-electron chi connectivity index (χ1n) is 7.79. The molecule has 0 unspecified atom stereocenters. The third-order valence-electron chi connectivity index (χ3n) is 3.50. The maximum Gasteiger partial charge on any atom is 0.234 e. The Morgan fingerprint density at radius 1 is 1.17 bits per heavy atom. The predicted molar refractivity (Wildman–Crippen MR) is 94.4 cm³/mol. The number of hydrogen-bond acceptors (Lipinski definition) is 4. The Bertz CT molecular complexity index is 561. The summed E-state index contributed by atoms with van der Waals surface area (Å²) in [6.45, 7) is 5.70. The summed E-state index contributed by atoms with van der Waals surface area (Å²) in [6, 6.07) is 7.58. The van der Waals surface area contributed by atoms with Gasteiger partial charge in [-0.1, -0.05) is 50.7 Å². The third kappa shape index (κ3) is 6.86. The molecule has 23 heavy (non-hydrogen) atoms. The van der Waals surface area contributed by atoms with Crippen LogP contribution in [-0.4, -0.2) is 29.2 Å². The molecule has 0 spiro atoms. The molecule has 2 amide bonds. The average molecular weight is 336 g/mol. The van der Waals surface area contributed by atoms with Crippen LogP contribution in [0.5, 0.6) is 0 Å². The average Bonchev–Trinajstić information content (AvgIpc) is 2.57. The van der Waals surface area contributed by atoms with Crippen molar-refractivity contribution in [3.63, 3.8) is 0 Å². The lowest BCUT2D eigenvalue weighted by Crippen LogP contribution is -2.32. The molecular weight excluding hydrogens is 312 g/mol. The molecule has 0 saturated heterocycles. The maximum atomic E-state index is 11.9. The van der Waals surface area contributed by atoms with Gasteiger partial charge in [0.1, 0.15) is 0 Å². The van der Waals surface area contributed by atoms with Crippen LogP contribution >= 0.6 is 11.8 Å². The Balaban J connectivity index is 2.35. The minimum Gasteiger partial charge on any atom is -0.348 e. The monoisotopic (exact) mass is 336 g/mol. The molecule has 6 heteroatoms. The number of para-hydroxylation sites is 1. The van der Waals surface area contributed by atoms with Crippen molar-refractivity contribution in [3.05, 3.63) is 29.8 Å². The second-order valence-electron chi connectivity index (χ2n) is 5.25. The molecule has 0 aliphatic carbocycles. The van der Waals surface area contributed by atoms with Gasteiger partial charge in [-0.2, -0.15) is 0 Å². The van der Waals surface area contributed by atoms with Crippen LogP contribution < -0.4 is 10.6 Å². The lowest BCUT2D eigenvalue weighted by molar-refractivity contribution is -0.126. The Labute approximate surface area is 141 Å². The molecule has 2 N–H and O–H groups in total. The predicted octanol–water partition coefficient (Wildman–Crippen LogP) is 2.61. The molecule has 0 radical (unpaired) electrons. The van der Waals surface area contributed by atoms with Crippen LogP contribution in [-0.2, 0) is 20.8 Å². The highest BCUT2D eigenvalue weighted by Crippen LogP contribution is 2.16. The molecule has 0 aliphatic heterocycles. The summed E-state index contributed by atoms with van der Waals surface area (Å²) in [5.41, 5.74) is 1.83. The molecule has 0 bridgehead atoms. The second kappa shape index (κ2) is 10.0. The van der Waals surface area contributed by atoms with Crippen LogP contribution in [0.2, 0.25) is 0 Å². The third-order valence-corrected chi connectivity index (χ3v) is 4.38. The van der Waals surface area contributed by atoms with Gasteiger partial charge in [0.05, 0.1) is 12.3 Å². The summed E-state index contributed by atoms with van der Waals surface area (Å²) in [7, 11) is 0. The van der Waals surface area contributed by atoms with E-state index in [-0.39, 0.29) is 35.1 Å². The zero-order valence-corrected chi connectivity index (χ0v) is 14.7. The van der Waals surface area contributed by atoms with Crippen LogP contribution in [0, 0.1) is 5.92 Å². The van der Waals surface area contributed by atoms with Gasteiger partial charge < -0.3 is 10.6 Å². The van der Waals surface area contributed by atoms with Gasteiger partial charge in [-0.3, -0.25) is 14.4 Å². The number of aryl methyl sites for hydroxylation is 1. The van der Waals surface area contributed by atoms with E-state index in [0.29, 0.717) is 0 Å².